The summed E-state index contributed by atoms with van der Waals surface area (Å²) in [6.45, 7) is 0. The van der Waals surface area contributed by atoms with E-state index >= 15 is 0 Å². The maximum atomic E-state index is 13.4. The van der Waals surface area contributed by atoms with Crippen molar-refractivity contribution in [2.75, 3.05) is 0 Å². The van der Waals surface area contributed by atoms with Crippen LogP contribution in [0.3, 0.4) is 0 Å². The Kier molecular flexibility index (Phi) is 11.8. The lowest BCUT2D eigenvalue weighted by Crippen LogP contribution is -2.58. The number of phenolic OH excluding ortho intramolecular Hbond substituents is 3. The monoisotopic (exact) mass is 622 g/mol. The molecule has 0 radical (unpaired) electrons. The lowest BCUT2D eigenvalue weighted by atomic mass is 10.0. The second-order valence-electron chi connectivity index (χ2n) is 10.3. The average molecular weight is 623 g/mol. The Morgan fingerprint density at radius 2 is 0.889 bits per heavy atom. The summed E-state index contributed by atoms with van der Waals surface area (Å²) < 4.78 is 0. The molecule has 3 amide bonds. The molecular formula is C31H34N4O10. The predicted octanol–water partition coefficient (Wildman–Crippen LogP) is 0.172. The molecule has 0 saturated carbocycles. The number of carboxylic acid groups (broad SMARTS) is 2. The number of aliphatic carboxylic acids is 2. The third kappa shape index (κ3) is 10.9. The van der Waals surface area contributed by atoms with Crippen molar-refractivity contribution in [2.45, 2.75) is 49.9 Å². The van der Waals surface area contributed by atoms with Crippen LogP contribution in [0.5, 0.6) is 17.2 Å². The molecule has 0 saturated heterocycles. The molecular weight excluding hydrogens is 588 g/mol. The number of nitrogens with two attached hydrogens (primary N) is 1. The minimum Gasteiger partial charge on any atom is -0.508 e. The summed E-state index contributed by atoms with van der Waals surface area (Å²) in [6.07, 6.45) is -1.18. The van der Waals surface area contributed by atoms with E-state index in [-0.39, 0.29) is 36.5 Å². The van der Waals surface area contributed by atoms with E-state index in [1.165, 1.54) is 60.7 Å². The van der Waals surface area contributed by atoms with Crippen molar-refractivity contribution in [3.8, 4) is 17.2 Å². The zero-order valence-corrected chi connectivity index (χ0v) is 23.9. The molecule has 0 fully saturated rings. The van der Waals surface area contributed by atoms with Gasteiger partial charge in [-0.1, -0.05) is 36.4 Å². The second kappa shape index (κ2) is 15.7. The van der Waals surface area contributed by atoms with Gasteiger partial charge in [0.1, 0.15) is 35.4 Å². The summed E-state index contributed by atoms with van der Waals surface area (Å²) >= 11 is 0. The summed E-state index contributed by atoms with van der Waals surface area (Å²) in [7, 11) is 0. The van der Waals surface area contributed by atoms with Crippen molar-refractivity contribution in [2.24, 2.45) is 5.73 Å². The highest BCUT2D eigenvalue weighted by Crippen LogP contribution is 2.15. The first-order valence-corrected chi connectivity index (χ1v) is 13.8. The topological polar surface area (TPSA) is 249 Å². The number of amides is 3. The Hall–Kier alpha value is -5.63. The van der Waals surface area contributed by atoms with Gasteiger partial charge in [0.2, 0.25) is 17.7 Å². The van der Waals surface area contributed by atoms with Gasteiger partial charge in [0, 0.05) is 12.8 Å². The van der Waals surface area contributed by atoms with Gasteiger partial charge < -0.3 is 47.2 Å². The van der Waals surface area contributed by atoms with Crippen LogP contribution in [0.25, 0.3) is 0 Å². The number of rotatable bonds is 15. The van der Waals surface area contributed by atoms with Crippen LogP contribution in [0.4, 0.5) is 0 Å². The first-order chi connectivity index (χ1) is 21.3. The Balaban J connectivity index is 1.79. The number of phenols is 3. The summed E-state index contributed by atoms with van der Waals surface area (Å²) in [4.78, 5) is 63.1. The molecule has 0 aliphatic rings. The van der Waals surface area contributed by atoms with Crippen LogP contribution in [0.15, 0.2) is 72.8 Å². The zero-order chi connectivity index (χ0) is 33.1. The Labute approximate surface area is 257 Å². The third-order valence-electron chi connectivity index (χ3n) is 6.74. The van der Waals surface area contributed by atoms with Gasteiger partial charge in [0.15, 0.2) is 0 Å². The third-order valence-corrected chi connectivity index (χ3v) is 6.74. The molecule has 3 rings (SSSR count). The second-order valence-corrected chi connectivity index (χ2v) is 10.3. The molecule has 3 aromatic rings. The fourth-order valence-electron chi connectivity index (χ4n) is 4.33. The first-order valence-electron chi connectivity index (χ1n) is 13.8. The Morgan fingerprint density at radius 3 is 1.31 bits per heavy atom. The van der Waals surface area contributed by atoms with Crippen LogP contribution >= 0.6 is 0 Å². The Morgan fingerprint density at radius 1 is 0.533 bits per heavy atom. The standard InChI is InChI=1S/C31H34N4O10/c32-23(13-17-1-7-20(36)8-2-17)28(41)33-25(16-27(39)40)30(43)34-24(14-18-3-9-21(37)10-4-18)29(42)35-26(31(44)45)15-19-5-11-22(38)12-6-19/h1-12,23-26,36-38H,13-16,32H2,(H,33,41)(H,34,43)(H,35,42)(H,39,40)(H,44,45). The van der Waals surface area contributed by atoms with Gasteiger partial charge in [-0.25, -0.2) is 4.79 Å². The van der Waals surface area contributed by atoms with E-state index in [9.17, 15) is 49.5 Å². The van der Waals surface area contributed by atoms with Crippen molar-refractivity contribution < 1.29 is 49.5 Å². The summed E-state index contributed by atoms with van der Waals surface area (Å²) in [5, 5.41) is 54.9. The largest absolute Gasteiger partial charge is 0.508 e. The van der Waals surface area contributed by atoms with E-state index in [0.717, 1.165) is 0 Å². The molecule has 0 aromatic heterocycles. The highest BCUT2D eigenvalue weighted by Gasteiger charge is 2.32. The van der Waals surface area contributed by atoms with Gasteiger partial charge >= 0.3 is 11.9 Å². The number of benzene rings is 3. The van der Waals surface area contributed by atoms with Crippen molar-refractivity contribution in [1.82, 2.24) is 16.0 Å². The number of aromatic hydroxyl groups is 3. The van der Waals surface area contributed by atoms with Gasteiger partial charge in [-0.15, -0.1) is 0 Å². The molecule has 14 nitrogen and oxygen atoms in total. The number of carbonyl (C=O) groups is 5. The highest BCUT2D eigenvalue weighted by molar-refractivity contribution is 5.95. The highest BCUT2D eigenvalue weighted by atomic mass is 16.4. The SMILES string of the molecule is NC(Cc1ccc(O)cc1)C(=O)NC(CC(=O)O)C(=O)NC(Cc1ccc(O)cc1)C(=O)NC(Cc1ccc(O)cc1)C(=O)O. The maximum absolute atomic E-state index is 13.4. The number of carbonyl (C=O) groups excluding carboxylic acids is 3. The quantitative estimate of drug-likeness (QED) is 0.110. The molecule has 0 aliphatic carbocycles. The van der Waals surface area contributed by atoms with Gasteiger partial charge in [0.25, 0.3) is 0 Å². The van der Waals surface area contributed by atoms with Gasteiger partial charge in [0.05, 0.1) is 12.5 Å². The molecule has 3 aromatic carbocycles. The summed E-state index contributed by atoms with van der Waals surface area (Å²) in [6, 6.07) is 11.5. The zero-order valence-electron chi connectivity index (χ0n) is 23.9. The normalized spacial score (nSPS) is 13.4. The molecule has 14 heteroatoms. The van der Waals surface area contributed by atoms with E-state index in [1.54, 1.807) is 12.1 Å². The summed E-state index contributed by atoms with van der Waals surface area (Å²) in [5.41, 5.74) is 7.53. The minimum atomic E-state index is -1.65. The smallest absolute Gasteiger partial charge is 0.326 e. The number of carboxylic acids is 2. The van der Waals surface area contributed by atoms with E-state index in [1.807, 2.05) is 0 Å². The molecule has 0 heterocycles. The van der Waals surface area contributed by atoms with Crippen LogP contribution in [0, 0.1) is 0 Å². The molecule has 0 bridgehead atoms. The Bertz CT molecular complexity index is 1490. The first kappa shape index (κ1) is 33.9. The number of hydrogen-bond acceptors (Lipinski definition) is 9. The maximum Gasteiger partial charge on any atom is 0.326 e. The summed E-state index contributed by atoms with van der Waals surface area (Å²) in [5.74, 6) is -5.67. The van der Waals surface area contributed by atoms with E-state index in [4.69, 9.17) is 5.73 Å². The molecule has 0 spiro atoms. The van der Waals surface area contributed by atoms with E-state index in [0.29, 0.717) is 16.7 Å². The van der Waals surface area contributed by atoms with E-state index < -0.39 is 60.2 Å². The van der Waals surface area contributed by atoms with Crippen LogP contribution in [-0.4, -0.2) is 79.4 Å². The fraction of sp³-hybridized carbons (Fsp3) is 0.258. The molecule has 4 atom stereocenters. The van der Waals surface area contributed by atoms with Gasteiger partial charge in [-0.3, -0.25) is 19.2 Å². The average Bonchev–Trinajstić information content (AvgIpc) is 2.99. The molecule has 45 heavy (non-hydrogen) atoms. The predicted molar refractivity (Wildman–Crippen MR) is 159 cm³/mol. The van der Waals surface area contributed by atoms with Crippen LogP contribution in [0.2, 0.25) is 0 Å². The lowest BCUT2D eigenvalue weighted by molar-refractivity contribution is -0.143. The lowest BCUT2D eigenvalue weighted by Gasteiger charge is -2.25. The van der Waals surface area contributed by atoms with Crippen LogP contribution in [0.1, 0.15) is 23.1 Å². The molecule has 4 unspecified atom stereocenters. The van der Waals surface area contributed by atoms with E-state index in [2.05, 4.69) is 16.0 Å². The molecule has 238 valence electrons. The van der Waals surface area contributed by atoms with Crippen LogP contribution < -0.4 is 21.7 Å². The van der Waals surface area contributed by atoms with Crippen molar-refractivity contribution in [3.63, 3.8) is 0 Å². The van der Waals surface area contributed by atoms with Crippen LogP contribution in [-0.2, 0) is 43.2 Å². The minimum absolute atomic E-state index is 0.0101. The number of hydrogen-bond donors (Lipinski definition) is 9. The van der Waals surface area contributed by atoms with Gasteiger partial charge in [-0.2, -0.15) is 0 Å². The molecule has 0 aliphatic heterocycles. The van der Waals surface area contributed by atoms with Gasteiger partial charge in [-0.05, 0) is 59.5 Å². The van der Waals surface area contributed by atoms with Crippen molar-refractivity contribution in [3.05, 3.63) is 89.5 Å². The van der Waals surface area contributed by atoms with Crippen molar-refractivity contribution >= 4 is 29.7 Å². The fourth-order valence-corrected chi connectivity index (χ4v) is 4.33. The number of nitrogens with one attached hydrogen (secondary N) is 3. The van der Waals surface area contributed by atoms with Crippen molar-refractivity contribution in [1.29, 1.82) is 0 Å². The molecule has 10 N–H and O–H groups in total.